The lowest BCUT2D eigenvalue weighted by atomic mass is 10.1. The number of alkyl halides is 3. The second-order valence-corrected chi connectivity index (χ2v) is 7.07. The highest BCUT2D eigenvalue weighted by molar-refractivity contribution is 6.33. The van der Waals surface area contributed by atoms with Crippen LogP contribution >= 0.6 is 11.6 Å². The van der Waals surface area contributed by atoms with Gasteiger partial charge in [0, 0.05) is 31.7 Å². The quantitative estimate of drug-likeness (QED) is 0.645. The second kappa shape index (κ2) is 7.51. The number of piperidine rings is 1. The number of hydrogen-bond donors (Lipinski definition) is 0. The van der Waals surface area contributed by atoms with Crippen molar-refractivity contribution in [1.82, 2.24) is 24.5 Å². The fourth-order valence-corrected chi connectivity index (χ4v) is 3.62. The van der Waals surface area contributed by atoms with Gasteiger partial charge in [-0.3, -0.25) is 9.48 Å². The molecule has 152 valence electrons. The molecule has 0 aromatic carbocycles. The van der Waals surface area contributed by atoms with Crippen molar-refractivity contribution in [3.05, 3.63) is 63.9 Å². The van der Waals surface area contributed by atoms with Crippen LogP contribution < -0.4 is 10.5 Å². The molecule has 3 aromatic rings. The minimum atomic E-state index is -4.51. The highest BCUT2D eigenvalue weighted by atomic mass is 35.5. The first-order valence-electron chi connectivity index (χ1n) is 8.90. The summed E-state index contributed by atoms with van der Waals surface area (Å²) in [6.45, 7) is 1.33. The van der Waals surface area contributed by atoms with Crippen LogP contribution in [0.25, 0.3) is 5.82 Å². The molecule has 0 N–H and O–H groups in total. The van der Waals surface area contributed by atoms with Crippen molar-refractivity contribution in [2.45, 2.75) is 25.1 Å². The molecule has 0 spiro atoms. The van der Waals surface area contributed by atoms with Crippen LogP contribution in [0.15, 0.2) is 47.8 Å². The van der Waals surface area contributed by atoms with E-state index < -0.39 is 17.3 Å². The summed E-state index contributed by atoms with van der Waals surface area (Å²) in [5, 5.41) is 8.30. The summed E-state index contributed by atoms with van der Waals surface area (Å²) in [6.07, 6.45) is 3.04. The van der Waals surface area contributed by atoms with E-state index in [9.17, 15) is 18.0 Å². The largest absolute Gasteiger partial charge is 0.417 e. The molecule has 1 atom stereocenters. The van der Waals surface area contributed by atoms with Crippen LogP contribution in [0.4, 0.5) is 18.9 Å². The Bertz CT molecular complexity index is 1050. The van der Waals surface area contributed by atoms with E-state index in [1.807, 2.05) is 21.8 Å². The maximum absolute atomic E-state index is 12.7. The maximum atomic E-state index is 12.7. The zero-order chi connectivity index (χ0) is 20.6. The Hall–Kier alpha value is -2.88. The minimum absolute atomic E-state index is 0.0375. The highest BCUT2D eigenvalue weighted by Gasteiger charge is 2.31. The smallest absolute Gasteiger partial charge is 0.367 e. The highest BCUT2D eigenvalue weighted by Crippen LogP contribution is 2.30. The van der Waals surface area contributed by atoms with E-state index in [-0.39, 0.29) is 16.9 Å². The van der Waals surface area contributed by atoms with E-state index in [1.54, 1.807) is 6.20 Å². The molecule has 0 saturated carbocycles. The molecule has 1 aliphatic heterocycles. The Balaban J connectivity index is 1.61. The monoisotopic (exact) mass is 424 g/mol. The first kappa shape index (κ1) is 19.4. The van der Waals surface area contributed by atoms with Gasteiger partial charge in [0.05, 0.1) is 23.5 Å². The van der Waals surface area contributed by atoms with Gasteiger partial charge < -0.3 is 4.90 Å². The van der Waals surface area contributed by atoms with Gasteiger partial charge in [0.15, 0.2) is 5.82 Å². The third-order valence-electron chi connectivity index (χ3n) is 4.83. The van der Waals surface area contributed by atoms with Crippen LogP contribution in [0.3, 0.4) is 0 Å². The van der Waals surface area contributed by atoms with E-state index >= 15 is 0 Å². The van der Waals surface area contributed by atoms with Gasteiger partial charge >= 0.3 is 6.18 Å². The molecule has 4 heterocycles. The van der Waals surface area contributed by atoms with Crippen molar-refractivity contribution >= 4 is 17.3 Å². The Kier molecular flexibility index (Phi) is 5.03. The van der Waals surface area contributed by atoms with Crippen molar-refractivity contribution in [2.75, 3.05) is 18.0 Å². The lowest BCUT2D eigenvalue weighted by molar-refractivity contribution is -0.137. The molecular formula is C18H16ClF3N6O. The number of aromatic nitrogens is 5. The summed E-state index contributed by atoms with van der Waals surface area (Å²) < 4.78 is 40.9. The van der Waals surface area contributed by atoms with E-state index in [0.717, 1.165) is 29.7 Å². The molecule has 1 fully saturated rings. The average molecular weight is 425 g/mol. The van der Waals surface area contributed by atoms with Gasteiger partial charge in [-0.2, -0.15) is 28.1 Å². The minimum Gasteiger partial charge on any atom is -0.367 e. The Labute approximate surface area is 168 Å². The summed E-state index contributed by atoms with van der Waals surface area (Å²) in [6, 6.07) is 3.93. The topological polar surface area (TPSA) is 68.8 Å². The van der Waals surface area contributed by atoms with Crippen molar-refractivity contribution < 1.29 is 13.2 Å². The van der Waals surface area contributed by atoms with Crippen molar-refractivity contribution in [3.63, 3.8) is 0 Å². The van der Waals surface area contributed by atoms with Gasteiger partial charge in [0.1, 0.15) is 5.02 Å². The van der Waals surface area contributed by atoms with Crippen LogP contribution in [-0.2, 0) is 6.18 Å². The van der Waals surface area contributed by atoms with Crippen LogP contribution in [0, 0.1) is 0 Å². The molecule has 0 amide bonds. The van der Waals surface area contributed by atoms with Crippen LogP contribution in [-0.4, -0.2) is 37.6 Å². The summed E-state index contributed by atoms with van der Waals surface area (Å²) in [5.74, 6) is -0.0375. The Morgan fingerprint density at radius 1 is 1.17 bits per heavy atom. The number of rotatable bonds is 3. The second-order valence-electron chi connectivity index (χ2n) is 6.69. The van der Waals surface area contributed by atoms with E-state index in [0.29, 0.717) is 25.0 Å². The molecule has 1 saturated heterocycles. The molecule has 7 nitrogen and oxygen atoms in total. The van der Waals surface area contributed by atoms with Crippen molar-refractivity contribution in [3.8, 4) is 5.82 Å². The molecule has 1 unspecified atom stereocenters. The lowest BCUT2D eigenvalue weighted by Gasteiger charge is -2.34. The van der Waals surface area contributed by atoms with E-state index in [2.05, 4.69) is 15.2 Å². The number of halogens is 4. The van der Waals surface area contributed by atoms with Gasteiger partial charge in [-0.05, 0) is 31.0 Å². The maximum Gasteiger partial charge on any atom is 0.417 e. The fraction of sp³-hybridized carbons (Fsp3) is 0.333. The van der Waals surface area contributed by atoms with Crippen LogP contribution in [0.1, 0.15) is 24.4 Å². The lowest BCUT2D eigenvalue weighted by Crippen LogP contribution is -2.38. The number of hydrogen-bond acceptors (Lipinski definition) is 5. The normalized spacial score (nSPS) is 17.5. The first-order chi connectivity index (χ1) is 13.8. The molecule has 29 heavy (non-hydrogen) atoms. The van der Waals surface area contributed by atoms with Gasteiger partial charge in [0.2, 0.25) is 0 Å². The van der Waals surface area contributed by atoms with Gasteiger partial charge in [-0.1, -0.05) is 11.6 Å². The first-order valence-corrected chi connectivity index (χ1v) is 9.28. The number of pyridine rings is 1. The van der Waals surface area contributed by atoms with Gasteiger partial charge in [-0.15, -0.1) is 0 Å². The summed E-state index contributed by atoms with van der Waals surface area (Å²) in [4.78, 5) is 18.4. The Morgan fingerprint density at radius 3 is 2.66 bits per heavy atom. The molecule has 11 heteroatoms. The molecule has 1 aliphatic rings. The summed E-state index contributed by atoms with van der Waals surface area (Å²) in [7, 11) is 0. The zero-order valence-corrected chi connectivity index (χ0v) is 15.8. The predicted octanol–water partition coefficient (Wildman–Crippen LogP) is 3.34. The SMILES string of the molecule is O=c1c(Cl)c(N2CCCC(n3cccn3)C2)cnn1-c1ccc(C(F)(F)F)cn1. The van der Waals surface area contributed by atoms with E-state index in [1.165, 1.54) is 6.20 Å². The fourth-order valence-electron chi connectivity index (χ4n) is 3.37. The number of anilines is 1. The summed E-state index contributed by atoms with van der Waals surface area (Å²) >= 11 is 6.31. The van der Waals surface area contributed by atoms with Gasteiger partial charge in [0.25, 0.3) is 5.56 Å². The Morgan fingerprint density at radius 2 is 2.00 bits per heavy atom. The summed E-state index contributed by atoms with van der Waals surface area (Å²) in [5.41, 5.74) is -1.07. The van der Waals surface area contributed by atoms with Gasteiger partial charge in [-0.25, -0.2) is 4.98 Å². The molecule has 0 aliphatic carbocycles. The zero-order valence-electron chi connectivity index (χ0n) is 15.1. The average Bonchev–Trinajstić information content (AvgIpc) is 3.24. The van der Waals surface area contributed by atoms with Crippen molar-refractivity contribution in [2.24, 2.45) is 0 Å². The standard InChI is InChI=1S/C18H16ClF3N6O/c19-16-14(26-7-1-3-13(11-26)27-8-2-6-24-27)10-25-28(17(16)29)15-5-4-12(9-23-15)18(20,21)22/h2,4-6,8-10,13H,1,3,7,11H2. The molecule has 0 bridgehead atoms. The van der Waals surface area contributed by atoms with Crippen molar-refractivity contribution in [1.29, 1.82) is 0 Å². The number of nitrogens with zero attached hydrogens (tertiary/aromatic N) is 6. The molecule has 4 rings (SSSR count). The predicted molar refractivity (Wildman–Crippen MR) is 100 cm³/mol. The third kappa shape index (κ3) is 3.84. The molecular weight excluding hydrogens is 409 g/mol. The van der Waals surface area contributed by atoms with Crippen LogP contribution in [0.5, 0.6) is 0 Å². The molecule has 0 radical (unpaired) electrons. The van der Waals surface area contributed by atoms with Crippen LogP contribution in [0.2, 0.25) is 5.02 Å². The van der Waals surface area contributed by atoms with E-state index in [4.69, 9.17) is 11.6 Å². The molecule has 3 aromatic heterocycles. The third-order valence-corrected chi connectivity index (χ3v) is 5.18.